The van der Waals surface area contributed by atoms with Crippen LogP contribution in [-0.4, -0.2) is 36.4 Å². The molecule has 1 unspecified atom stereocenters. The lowest BCUT2D eigenvalue weighted by Gasteiger charge is -2.23. The Balaban J connectivity index is 1.99. The molecule has 7 heteroatoms. The number of carbonyl (C=O) groups excluding carboxylic acids is 1. The van der Waals surface area contributed by atoms with Crippen molar-refractivity contribution in [3.63, 3.8) is 0 Å². The summed E-state index contributed by atoms with van der Waals surface area (Å²) in [6.45, 7) is 1.23. The fourth-order valence-corrected chi connectivity index (χ4v) is 2.30. The first-order valence-corrected chi connectivity index (χ1v) is 7.03. The lowest BCUT2D eigenvalue weighted by atomic mass is 10.1. The van der Waals surface area contributed by atoms with Gasteiger partial charge in [-0.3, -0.25) is 0 Å². The van der Waals surface area contributed by atoms with Gasteiger partial charge in [-0.05, 0) is 47.0 Å². The van der Waals surface area contributed by atoms with Crippen LogP contribution in [0.3, 0.4) is 0 Å². The number of urea groups is 1. The van der Waals surface area contributed by atoms with Gasteiger partial charge in [0.25, 0.3) is 0 Å². The average molecular weight is 343 g/mol. The lowest BCUT2D eigenvalue weighted by Crippen LogP contribution is -2.42. The smallest absolute Gasteiger partial charge is 0.335 e. The maximum atomic E-state index is 11.9. The molecule has 0 aromatic heterocycles. The SMILES string of the molecule is O=C(Nc1cc(C(=O)O)ccc1Br)NC1CCCOC1. The van der Waals surface area contributed by atoms with Crippen molar-refractivity contribution in [2.45, 2.75) is 18.9 Å². The fraction of sp³-hybridized carbons (Fsp3) is 0.385. The van der Waals surface area contributed by atoms with Crippen molar-refractivity contribution in [2.24, 2.45) is 0 Å². The largest absolute Gasteiger partial charge is 0.478 e. The summed E-state index contributed by atoms with van der Waals surface area (Å²) < 4.78 is 5.90. The molecular formula is C13H15BrN2O4. The van der Waals surface area contributed by atoms with Gasteiger partial charge in [-0.25, -0.2) is 9.59 Å². The molecule has 1 fully saturated rings. The van der Waals surface area contributed by atoms with Gasteiger partial charge in [0.1, 0.15) is 0 Å². The number of aromatic carboxylic acids is 1. The van der Waals surface area contributed by atoms with Crippen molar-refractivity contribution in [3.05, 3.63) is 28.2 Å². The first-order valence-electron chi connectivity index (χ1n) is 6.24. The Hall–Kier alpha value is -1.60. The van der Waals surface area contributed by atoms with Gasteiger partial charge in [-0.1, -0.05) is 0 Å². The number of anilines is 1. The van der Waals surface area contributed by atoms with E-state index in [0.29, 0.717) is 16.8 Å². The number of hydrogen-bond acceptors (Lipinski definition) is 3. The van der Waals surface area contributed by atoms with Crippen molar-refractivity contribution < 1.29 is 19.4 Å². The summed E-state index contributed by atoms with van der Waals surface area (Å²) in [5, 5.41) is 14.4. The Labute approximate surface area is 124 Å². The molecule has 2 amide bonds. The van der Waals surface area contributed by atoms with Gasteiger partial charge >= 0.3 is 12.0 Å². The maximum Gasteiger partial charge on any atom is 0.335 e. The van der Waals surface area contributed by atoms with E-state index in [1.807, 2.05) is 0 Å². The number of halogens is 1. The van der Waals surface area contributed by atoms with E-state index in [1.54, 1.807) is 6.07 Å². The Kier molecular flexibility index (Phi) is 4.97. The van der Waals surface area contributed by atoms with Crippen molar-refractivity contribution >= 4 is 33.6 Å². The molecule has 3 N–H and O–H groups in total. The number of carboxylic acid groups (broad SMARTS) is 1. The van der Waals surface area contributed by atoms with Crippen LogP contribution in [0.1, 0.15) is 23.2 Å². The zero-order valence-electron chi connectivity index (χ0n) is 10.7. The number of hydrogen-bond donors (Lipinski definition) is 3. The molecule has 1 aromatic carbocycles. The number of rotatable bonds is 3. The molecule has 1 heterocycles. The first-order chi connectivity index (χ1) is 9.56. The molecule has 0 spiro atoms. The molecule has 0 saturated carbocycles. The zero-order valence-corrected chi connectivity index (χ0v) is 12.3. The Morgan fingerprint density at radius 1 is 1.40 bits per heavy atom. The van der Waals surface area contributed by atoms with Crippen LogP contribution in [0.15, 0.2) is 22.7 Å². The Bertz CT molecular complexity index is 515. The number of amides is 2. The third-order valence-corrected chi connectivity index (χ3v) is 3.65. The van der Waals surface area contributed by atoms with E-state index in [9.17, 15) is 9.59 Å². The van der Waals surface area contributed by atoms with Crippen LogP contribution in [0.2, 0.25) is 0 Å². The Morgan fingerprint density at radius 3 is 2.85 bits per heavy atom. The third-order valence-electron chi connectivity index (χ3n) is 2.96. The zero-order chi connectivity index (χ0) is 14.5. The normalized spacial score (nSPS) is 18.4. The highest BCUT2D eigenvalue weighted by Crippen LogP contribution is 2.23. The van der Waals surface area contributed by atoms with Gasteiger partial charge in [-0.15, -0.1) is 0 Å². The van der Waals surface area contributed by atoms with E-state index >= 15 is 0 Å². The standard InChI is InChI=1S/C13H15BrN2O4/c14-10-4-3-8(12(17)18)6-11(10)16-13(19)15-9-2-1-5-20-7-9/h3-4,6,9H,1-2,5,7H2,(H,17,18)(H2,15,16,19). The quantitative estimate of drug-likeness (QED) is 0.787. The summed E-state index contributed by atoms with van der Waals surface area (Å²) in [7, 11) is 0. The molecular weight excluding hydrogens is 328 g/mol. The monoisotopic (exact) mass is 342 g/mol. The van der Waals surface area contributed by atoms with Crippen molar-refractivity contribution in [3.8, 4) is 0 Å². The number of carboxylic acids is 1. The van der Waals surface area contributed by atoms with Crippen LogP contribution >= 0.6 is 15.9 Å². The van der Waals surface area contributed by atoms with Crippen LogP contribution in [0.5, 0.6) is 0 Å². The first kappa shape index (κ1) is 14.8. The second kappa shape index (κ2) is 6.71. The van der Waals surface area contributed by atoms with Crippen molar-refractivity contribution in [1.82, 2.24) is 5.32 Å². The number of benzene rings is 1. The summed E-state index contributed by atoms with van der Waals surface area (Å²) in [6.07, 6.45) is 1.80. The van der Waals surface area contributed by atoms with Gasteiger partial charge < -0.3 is 20.5 Å². The summed E-state index contributed by atoms with van der Waals surface area (Å²) in [5.74, 6) is -1.04. The molecule has 1 saturated heterocycles. The number of carbonyl (C=O) groups is 2. The second-order valence-corrected chi connectivity index (χ2v) is 5.37. The van der Waals surface area contributed by atoms with Gasteiger partial charge in [0, 0.05) is 11.1 Å². The van der Waals surface area contributed by atoms with Gasteiger partial charge in [0.05, 0.1) is 23.9 Å². The fourth-order valence-electron chi connectivity index (χ4n) is 1.95. The van der Waals surface area contributed by atoms with Crippen LogP contribution in [0.4, 0.5) is 10.5 Å². The summed E-state index contributed by atoms with van der Waals surface area (Å²) in [5.41, 5.74) is 0.531. The summed E-state index contributed by atoms with van der Waals surface area (Å²) in [6, 6.07) is 4.07. The minimum absolute atomic E-state index is 0.00909. The van der Waals surface area contributed by atoms with Gasteiger partial charge in [0.2, 0.25) is 0 Å². The average Bonchev–Trinajstić information content (AvgIpc) is 2.42. The molecule has 1 aliphatic rings. The minimum Gasteiger partial charge on any atom is -0.478 e. The lowest BCUT2D eigenvalue weighted by molar-refractivity contribution is 0.0697. The molecule has 2 rings (SSSR count). The highest BCUT2D eigenvalue weighted by Gasteiger charge is 2.17. The van der Waals surface area contributed by atoms with E-state index in [2.05, 4.69) is 26.6 Å². The van der Waals surface area contributed by atoms with Crippen LogP contribution in [0.25, 0.3) is 0 Å². The predicted molar refractivity (Wildman–Crippen MR) is 77.1 cm³/mol. The Morgan fingerprint density at radius 2 is 2.20 bits per heavy atom. The second-order valence-electron chi connectivity index (χ2n) is 4.51. The molecule has 1 aliphatic heterocycles. The van der Waals surface area contributed by atoms with Crippen molar-refractivity contribution in [2.75, 3.05) is 18.5 Å². The van der Waals surface area contributed by atoms with Crippen LogP contribution < -0.4 is 10.6 Å². The molecule has 108 valence electrons. The topological polar surface area (TPSA) is 87.7 Å². The van der Waals surface area contributed by atoms with Crippen LogP contribution in [-0.2, 0) is 4.74 Å². The molecule has 20 heavy (non-hydrogen) atoms. The summed E-state index contributed by atoms with van der Waals surface area (Å²) >= 11 is 3.27. The minimum atomic E-state index is -1.04. The molecule has 6 nitrogen and oxygen atoms in total. The third kappa shape index (κ3) is 3.94. The van der Waals surface area contributed by atoms with Crippen molar-refractivity contribution in [1.29, 1.82) is 0 Å². The molecule has 1 aromatic rings. The number of ether oxygens (including phenoxy) is 1. The summed E-state index contributed by atoms with van der Waals surface area (Å²) in [4.78, 5) is 22.8. The molecule has 0 bridgehead atoms. The molecule has 0 radical (unpaired) electrons. The van der Waals surface area contributed by atoms with E-state index in [-0.39, 0.29) is 17.6 Å². The van der Waals surface area contributed by atoms with Gasteiger partial charge in [-0.2, -0.15) is 0 Å². The van der Waals surface area contributed by atoms with Gasteiger partial charge in [0.15, 0.2) is 0 Å². The van der Waals surface area contributed by atoms with E-state index < -0.39 is 5.97 Å². The molecule has 1 atom stereocenters. The van der Waals surface area contributed by atoms with E-state index in [1.165, 1.54) is 12.1 Å². The molecule has 0 aliphatic carbocycles. The van der Waals surface area contributed by atoms with E-state index in [4.69, 9.17) is 9.84 Å². The van der Waals surface area contributed by atoms with E-state index in [0.717, 1.165) is 19.4 Å². The highest BCUT2D eigenvalue weighted by atomic mass is 79.9. The highest BCUT2D eigenvalue weighted by molar-refractivity contribution is 9.10. The predicted octanol–water partition coefficient (Wildman–Crippen LogP) is 2.45. The number of nitrogens with one attached hydrogen (secondary N) is 2. The van der Waals surface area contributed by atoms with Crippen LogP contribution in [0, 0.1) is 0 Å². The maximum absolute atomic E-state index is 11.9.